The number of nitrogens with zero attached hydrogens (tertiary/aromatic N) is 3. The molecule has 0 unspecified atom stereocenters. The van der Waals surface area contributed by atoms with Crippen molar-refractivity contribution in [2.24, 2.45) is 0 Å². The Morgan fingerprint density at radius 1 is 0.519 bits per heavy atom. The highest BCUT2D eigenvalue weighted by atomic mass is 35.6. The van der Waals surface area contributed by atoms with E-state index >= 15 is 0 Å². The first-order valence-corrected chi connectivity index (χ1v) is 9.31. The van der Waals surface area contributed by atoms with Crippen LogP contribution in [0.4, 0.5) is 17.8 Å². The first-order valence-electron chi connectivity index (χ1n) is 5.90. The number of amides is 3. The van der Waals surface area contributed by atoms with E-state index in [1.807, 2.05) is 16.0 Å². The van der Waals surface area contributed by atoms with E-state index in [-0.39, 0.29) is 0 Å². The summed E-state index contributed by atoms with van der Waals surface area (Å²) < 4.78 is -7.14. The normalized spacial score (nSPS) is 12.3. The van der Waals surface area contributed by atoms with E-state index in [1.165, 1.54) is 0 Å². The number of carbonyl (C=O) groups is 3. The lowest BCUT2D eigenvalue weighted by molar-refractivity contribution is -0.116. The zero-order valence-electron chi connectivity index (χ0n) is 12.0. The second-order valence-corrected chi connectivity index (χ2v) is 11.0. The van der Waals surface area contributed by atoms with Gasteiger partial charge in [-0.1, -0.05) is 104 Å². The van der Waals surface area contributed by atoms with Crippen molar-refractivity contribution in [2.75, 3.05) is 16.0 Å². The molecule has 0 aliphatic heterocycles. The Balaban J connectivity index is 3.24. The molecule has 0 aliphatic rings. The molecule has 18 heteroatoms. The first kappa shape index (κ1) is 25.1. The van der Waals surface area contributed by atoms with Gasteiger partial charge in [0.2, 0.25) is 17.8 Å². The molecule has 0 saturated carbocycles. The van der Waals surface area contributed by atoms with Gasteiger partial charge < -0.3 is 0 Å². The van der Waals surface area contributed by atoms with E-state index in [0.29, 0.717) is 0 Å². The molecule has 0 spiro atoms. The van der Waals surface area contributed by atoms with Gasteiger partial charge in [-0.25, -0.2) is 0 Å². The first-order chi connectivity index (χ1) is 12.0. The van der Waals surface area contributed by atoms with Crippen molar-refractivity contribution in [2.45, 2.75) is 11.4 Å². The third-order valence-corrected chi connectivity index (χ3v) is 3.63. The fraction of sp³-hybridized carbons (Fsp3) is 0.333. The third-order valence-electron chi connectivity index (χ3n) is 2.08. The standard InChI is InChI=1S/C9H3Cl9N6O3/c10-7(11,12)1(25)19-4-22-5(20-2(26)8(13,14)15)24-6(23-4)21-3(27)9(16,17)18/h(H3,19,20,21,22,23,24,25,26,27). The molecule has 1 heterocycles. The lowest BCUT2D eigenvalue weighted by Gasteiger charge is -2.15. The van der Waals surface area contributed by atoms with E-state index in [1.54, 1.807) is 0 Å². The summed E-state index contributed by atoms with van der Waals surface area (Å²) in [5.41, 5.74) is 0. The Morgan fingerprint density at radius 3 is 0.852 bits per heavy atom. The highest BCUT2D eigenvalue weighted by Gasteiger charge is 2.34. The highest BCUT2D eigenvalue weighted by Crippen LogP contribution is 2.30. The summed E-state index contributed by atoms with van der Waals surface area (Å²) in [4.78, 5) is 46.0. The summed E-state index contributed by atoms with van der Waals surface area (Å²) >= 11 is 48.6. The molecule has 1 aromatic rings. The summed E-state index contributed by atoms with van der Waals surface area (Å²) in [6.07, 6.45) is 0. The quantitative estimate of drug-likeness (QED) is 0.482. The van der Waals surface area contributed by atoms with Gasteiger partial charge in [-0.3, -0.25) is 30.3 Å². The summed E-state index contributed by atoms with van der Waals surface area (Å²) in [7, 11) is 0. The number of carbonyl (C=O) groups excluding carboxylic acids is 3. The minimum Gasteiger partial charge on any atom is -0.291 e. The highest BCUT2D eigenvalue weighted by molar-refractivity contribution is 6.78. The molecule has 0 fully saturated rings. The molecule has 0 aliphatic carbocycles. The maximum absolute atomic E-state index is 11.7. The average molecular weight is 562 g/mol. The predicted molar refractivity (Wildman–Crippen MR) is 107 cm³/mol. The molecule has 27 heavy (non-hydrogen) atoms. The summed E-state index contributed by atoms with van der Waals surface area (Å²) in [6, 6.07) is 0. The van der Waals surface area contributed by atoms with Crippen LogP contribution >= 0.6 is 104 Å². The van der Waals surface area contributed by atoms with Crippen molar-refractivity contribution >= 4 is 140 Å². The predicted octanol–water partition coefficient (Wildman–Crippen LogP) is 3.80. The van der Waals surface area contributed by atoms with Crippen LogP contribution in [0.2, 0.25) is 0 Å². The van der Waals surface area contributed by atoms with E-state index in [0.717, 1.165) is 0 Å². The molecule has 0 aromatic carbocycles. The second kappa shape index (κ2) is 9.23. The summed E-state index contributed by atoms with van der Waals surface area (Å²) in [6.45, 7) is 0. The Labute approximate surface area is 195 Å². The number of aromatic nitrogens is 3. The Morgan fingerprint density at radius 2 is 0.704 bits per heavy atom. The largest absolute Gasteiger partial charge is 0.291 e. The number of rotatable bonds is 3. The van der Waals surface area contributed by atoms with Gasteiger partial charge in [-0.2, -0.15) is 15.0 Å². The van der Waals surface area contributed by atoms with Crippen molar-refractivity contribution in [1.82, 2.24) is 15.0 Å². The smallest absolute Gasteiger partial charge is 0.278 e. The van der Waals surface area contributed by atoms with Crippen LogP contribution in [0.5, 0.6) is 0 Å². The zero-order chi connectivity index (χ0) is 21.2. The minimum absolute atomic E-state index is 0.569. The summed E-state index contributed by atoms with van der Waals surface area (Å²) in [5, 5.41) is 5.97. The van der Waals surface area contributed by atoms with Gasteiger partial charge in [0.1, 0.15) is 0 Å². The van der Waals surface area contributed by atoms with Gasteiger partial charge in [0.15, 0.2) is 0 Å². The van der Waals surface area contributed by atoms with Crippen molar-refractivity contribution in [3.63, 3.8) is 0 Å². The maximum atomic E-state index is 11.7. The van der Waals surface area contributed by atoms with Gasteiger partial charge in [0, 0.05) is 0 Å². The van der Waals surface area contributed by atoms with Gasteiger partial charge in [-0.05, 0) is 0 Å². The van der Waals surface area contributed by atoms with Gasteiger partial charge >= 0.3 is 0 Å². The van der Waals surface area contributed by atoms with Crippen LogP contribution in [0.1, 0.15) is 0 Å². The summed E-state index contributed by atoms with van der Waals surface area (Å²) in [5.74, 6) is -5.22. The van der Waals surface area contributed by atoms with Crippen LogP contribution < -0.4 is 16.0 Å². The Kier molecular flexibility index (Phi) is 8.57. The van der Waals surface area contributed by atoms with Crippen LogP contribution in [0, 0.1) is 0 Å². The van der Waals surface area contributed by atoms with E-state index in [9.17, 15) is 14.4 Å². The minimum atomic E-state index is -2.38. The van der Waals surface area contributed by atoms with Crippen molar-refractivity contribution in [1.29, 1.82) is 0 Å². The maximum Gasteiger partial charge on any atom is 0.278 e. The average Bonchev–Trinajstić information content (AvgIpc) is 2.43. The molecule has 3 amide bonds. The van der Waals surface area contributed by atoms with Crippen LogP contribution in [0.25, 0.3) is 0 Å². The van der Waals surface area contributed by atoms with Crippen LogP contribution in [-0.4, -0.2) is 44.1 Å². The lowest BCUT2D eigenvalue weighted by atomic mass is 10.6. The molecular weight excluding hydrogens is 559 g/mol. The van der Waals surface area contributed by atoms with Crippen LogP contribution in [-0.2, 0) is 14.4 Å². The molecule has 0 atom stereocenters. The number of hydrogen-bond acceptors (Lipinski definition) is 6. The molecular formula is C9H3Cl9N6O3. The molecule has 9 nitrogen and oxygen atoms in total. The number of halogens is 9. The Bertz CT molecular complexity index is 645. The SMILES string of the molecule is O=C(Nc1nc(NC(=O)C(Cl)(Cl)Cl)nc(NC(=O)C(Cl)(Cl)Cl)n1)C(Cl)(Cl)Cl. The van der Waals surface area contributed by atoms with Crippen molar-refractivity contribution < 1.29 is 14.4 Å². The van der Waals surface area contributed by atoms with E-state index in [2.05, 4.69) is 15.0 Å². The fourth-order valence-corrected chi connectivity index (χ4v) is 1.49. The third kappa shape index (κ3) is 8.51. The molecule has 1 aromatic heterocycles. The van der Waals surface area contributed by atoms with E-state index < -0.39 is 46.9 Å². The molecule has 150 valence electrons. The monoisotopic (exact) mass is 558 g/mol. The second-order valence-electron chi connectivity index (χ2n) is 4.16. The van der Waals surface area contributed by atoms with E-state index in [4.69, 9.17) is 104 Å². The number of anilines is 3. The van der Waals surface area contributed by atoms with Crippen molar-refractivity contribution in [3.05, 3.63) is 0 Å². The van der Waals surface area contributed by atoms with Gasteiger partial charge in [0.25, 0.3) is 29.1 Å². The zero-order valence-corrected chi connectivity index (χ0v) is 18.8. The molecule has 1 rings (SSSR count). The number of hydrogen-bond donors (Lipinski definition) is 3. The van der Waals surface area contributed by atoms with Gasteiger partial charge in [0.05, 0.1) is 0 Å². The Hall–Kier alpha value is 0.0300. The molecule has 0 saturated heterocycles. The molecule has 0 radical (unpaired) electrons. The van der Waals surface area contributed by atoms with Crippen LogP contribution in [0.15, 0.2) is 0 Å². The topological polar surface area (TPSA) is 126 Å². The lowest BCUT2D eigenvalue weighted by Crippen LogP contribution is -2.31. The van der Waals surface area contributed by atoms with Crippen molar-refractivity contribution in [3.8, 4) is 0 Å². The molecule has 0 bridgehead atoms. The van der Waals surface area contributed by atoms with Crippen LogP contribution in [0.3, 0.4) is 0 Å². The number of alkyl halides is 9. The number of nitrogens with one attached hydrogen (secondary N) is 3. The molecule has 3 N–H and O–H groups in total. The fourth-order valence-electron chi connectivity index (χ4n) is 1.06. The van der Waals surface area contributed by atoms with Gasteiger partial charge in [-0.15, -0.1) is 0 Å².